The SMILES string of the molecule is Cc1ccccc1-c1cc2cnc(N(C)C)cc2n(C)c1=O. The molecule has 3 rings (SSSR count). The van der Waals surface area contributed by atoms with Gasteiger partial charge in [0.15, 0.2) is 0 Å². The molecule has 0 saturated heterocycles. The van der Waals surface area contributed by atoms with E-state index in [9.17, 15) is 4.79 Å². The quantitative estimate of drug-likeness (QED) is 0.729. The van der Waals surface area contributed by atoms with Crippen LogP contribution in [0.5, 0.6) is 0 Å². The average molecular weight is 293 g/mol. The van der Waals surface area contributed by atoms with Gasteiger partial charge in [-0.25, -0.2) is 4.98 Å². The lowest BCUT2D eigenvalue weighted by atomic mass is 10.0. The van der Waals surface area contributed by atoms with Crippen LogP contribution in [0.25, 0.3) is 22.0 Å². The molecule has 0 aliphatic heterocycles. The molecule has 4 nitrogen and oxygen atoms in total. The van der Waals surface area contributed by atoms with Gasteiger partial charge in [-0.05, 0) is 24.1 Å². The van der Waals surface area contributed by atoms with Crippen molar-refractivity contribution < 1.29 is 0 Å². The van der Waals surface area contributed by atoms with Gasteiger partial charge in [-0.15, -0.1) is 0 Å². The highest BCUT2D eigenvalue weighted by molar-refractivity contribution is 5.85. The second kappa shape index (κ2) is 5.30. The van der Waals surface area contributed by atoms with E-state index in [2.05, 4.69) is 4.98 Å². The molecule has 0 N–H and O–H groups in total. The molecule has 0 saturated carbocycles. The Kier molecular flexibility index (Phi) is 3.45. The third-order valence-electron chi connectivity index (χ3n) is 3.99. The minimum Gasteiger partial charge on any atom is -0.363 e. The summed E-state index contributed by atoms with van der Waals surface area (Å²) in [6.45, 7) is 2.02. The number of rotatable bonds is 2. The Hall–Kier alpha value is -2.62. The van der Waals surface area contributed by atoms with Crippen molar-refractivity contribution in [3.8, 4) is 11.1 Å². The van der Waals surface area contributed by atoms with E-state index in [1.807, 2.05) is 75.6 Å². The van der Waals surface area contributed by atoms with Gasteiger partial charge in [-0.3, -0.25) is 4.79 Å². The van der Waals surface area contributed by atoms with E-state index in [0.717, 1.165) is 27.8 Å². The number of nitrogens with zero attached hydrogens (tertiary/aromatic N) is 3. The summed E-state index contributed by atoms with van der Waals surface area (Å²) >= 11 is 0. The van der Waals surface area contributed by atoms with E-state index in [-0.39, 0.29) is 5.56 Å². The van der Waals surface area contributed by atoms with Crippen LogP contribution in [-0.2, 0) is 7.05 Å². The van der Waals surface area contributed by atoms with Crippen LogP contribution in [0.15, 0.2) is 47.4 Å². The molecular weight excluding hydrogens is 274 g/mol. The average Bonchev–Trinajstić information content (AvgIpc) is 2.51. The first kappa shape index (κ1) is 14.3. The lowest BCUT2D eigenvalue weighted by molar-refractivity contribution is 0.905. The Morgan fingerprint density at radius 3 is 2.50 bits per heavy atom. The molecule has 3 aromatic rings. The number of hydrogen-bond acceptors (Lipinski definition) is 3. The Balaban J connectivity index is 2.32. The largest absolute Gasteiger partial charge is 0.363 e. The van der Waals surface area contributed by atoms with E-state index in [1.165, 1.54) is 0 Å². The molecule has 112 valence electrons. The Morgan fingerprint density at radius 1 is 1.09 bits per heavy atom. The molecule has 0 amide bonds. The van der Waals surface area contributed by atoms with Crippen molar-refractivity contribution in [1.82, 2.24) is 9.55 Å². The summed E-state index contributed by atoms with van der Waals surface area (Å²) in [5, 5.41) is 0.964. The van der Waals surface area contributed by atoms with Crippen molar-refractivity contribution in [2.75, 3.05) is 19.0 Å². The fourth-order valence-electron chi connectivity index (χ4n) is 2.67. The van der Waals surface area contributed by atoms with Gasteiger partial charge in [0.05, 0.1) is 5.52 Å². The van der Waals surface area contributed by atoms with Crippen molar-refractivity contribution in [2.24, 2.45) is 7.05 Å². The third-order valence-corrected chi connectivity index (χ3v) is 3.99. The number of anilines is 1. The maximum Gasteiger partial charge on any atom is 0.258 e. The van der Waals surface area contributed by atoms with E-state index >= 15 is 0 Å². The smallest absolute Gasteiger partial charge is 0.258 e. The van der Waals surface area contributed by atoms with Gasteiger partial charge in [-0.2, -0.15) is 0 Å². The molecular formula is C18H19N3O. The summed E-state index contributed by atoms with van der Waals surface area (Å²) in [7, 11) is 5.69. The molecule has 0 radical (unpaired) electrons. The van der Waals surface area contributed by atoms with Gasteiger partial charge >= 0.3 is 0 Å². The Bertz CT molecular complexity index is 910. The Morgan fingerprint density at radius 2 is 1.82 bits per heavy atom. The molecule has 0 bridgehead atoms. The first-order valence-corrected chi connectivity index (χ1v) is 7.22. The summed E-state index contributed by atoms with van der Waals surface area (Å²) in [6, 6.07) is 11.8. The van der Waals surface area contributed by atoms with Gasteiger partial charge in [-0.1, -0.05) is 24.3 Å². The number of pyridine rings is 2. The van der Waals surface area contributed by atoms with E-state index in [1.54, 1.807) is 4.57 Å². The van der Waals surface area contributed by atoms with Crippen LogP contribution in [0.2, 0.25) is 0 Å². The number of aromatic nitrogens is 2. The molecule has 0 atom stereocenters. The van der Waals surface area contributed by atoms with Crippen molar-refractivity contribution in [2.45, 2.75) is 6.92 Å². The van der Waals surface area contributed by atoms with E-state index in [0.29, 0.717) is 5.56 Å². The molecule has 22 heavy (non-hydrogen) atoms. The van der Waals surface area contributed by atoms with Gasteiger partial charge in [0, 0.05) is 44.4 Å². The molecule has 0 aliphatic rings. The first-order valence-electron chi connectivity index (χ1n) is 7.22. The normalized spacial score (nSPS) is 10.9. The zero-order chi connectivity index (χ0) is 15.9. The van der Waals surface area contributed by atoms with Crippen LogP contribution < -0.4 is 10.5 Å². The van der Waals surface area contributed by atoms with Crippen LogP contribution in [0.4, 0.5) is 5.82 Å². The molecule has 0 spiro atoms. The summed E-state index contributed by atoms with van der Waals surface area (Å²) in [4.78, 5) is 19.1. The lowest BCUT2D eigenvalue weighted by Crippen LogP contribution is -2.20. The van der Waals surface area contributed by atoms with E-state index < -0.39 is 0 Å². The van der Waals surface area contributed by atoms with Crippen LogP contribution >= 0.6 is 0 Å². The predicted octanol–water partition coefficient (Wildman–Crippen LogP) is 2.97. The van der Waals surface area contributed by atoms with Gasteiger partial charge in [0.1, 0.15) is 5.82 Å². The van der Waals surface area contributed by atoms with Gasteiger partial charge in [0.2, 0.25) is 0 Å². The third kappa shape index (κ3) is 2.26. The number of fused-ring (bicyclic) bond motifs is 1. The molecule has 0 unspecified atom stereocenters. The highest BCUT2D eigenvalue weighted by atomic mass is 16.1. The minimum absolute atomic E-state index is 0.0118. The molecule has 4 heteroatoms. The fraction of sp³-hybridized carbons (Fsp3) is 0.222. The minimum atomic E-state index is 0.0118. The summed E-state index contributed by atoms with van der Waals surface area (Å²) in [5.41, 5.74) is 3.68. The van der Waals surface area contributed by atoms with Crippen LogP contribution in [-0.4, -0.2) is 23.6 Å². The first-order chi connectivity index (χ1) is 10.5. The molecule has 1 aromatic carbocycles. The number of benzene rings is 1. The second-order valence-electron chi connectivity index (χ2n) is 5.73. The van der Waals surface area contributed by atoms with Crippen LogP contribution in [0.3, 0.4) is 0 Å². The molecule has 0 fully saturated rings. The van der Waals surface area contributed by atoms with Gasteiger partial charge < -0.3 is 9.47 Å². The summed E-state index contributed by atoms with van der Waals surface area (Å²) in [5.74, 6) is 0.839. The fourth-order valence-corrected chi connectivity index (χ4v) is 2.67. The maximum absolute atomic E-state index is 12.7. The highest BCUT2D eigenvalue weighted by Gasteiger charge is 2.11. The van der Waals surface area contributed by atoms with E-state index in [4.69, 9.17) is 0 Å². The zero-order valence-electron chi connectivity index (χ0n) is 13.3. The monoisotopic (exact) mass is 293 g/mol. The lowest BCUT2D eigenvalue weighted by Gasteiger charge is -2.14. The van der Waals surface area contributed by atoms with Crippen molar-refractivity contribution in [3.05, 3.63) is 58.5 Å². The maximum atomic E-state index is 12.7. The second-order valence-corrected chi connectivity index (χ2v) is 5.73. The van der Waals surface area contributed by atoms with Crippen molar-refractivity contribution >= 4 is 16.7 Å². The van der Waals surface area contributed by atoms with Crippen molar-refractivity contribution in [1.29, 1.82) is 0 Å². The molecule has 2 aromatic heterocycles. The highest BCUT2D eigenvalue weighted by Crippen LogP contribution is 2.24. The number of hydrogen-bond donors (Lipinski definition) is 0. The summed E-state index contributed by atoms with van der Waals surface area (Å²) in [6.07, 6.45) is 1.83. The topological polar surface area (TPSA) is 38.1 Å². The summed E-state index contributed by atoms with van der Waals surface area (Å²) < 4.78 is 1.70. The number of aryl methyl sites for hydroxylation is 2. The predicted molar refractivity (Wildman–Crippen MR) is 91.5 cm³/mol. The van der Waals surface area contributed by atoms with Gasteiger partial charge in [0.25, 0.3) is 5.56 Å². The van der Waals surface area contributed by atoms with Crippen LogP contribution in [0, 0.1) is 6.92 Å². The molecule has 0 aliphatic carbocycles. The molecule has 2 heterocycles. The standard InChI is InChI=1S/C18H19N3O/c1-12-7-5-6-8-14(12)15-9-13-11-19-17(20(2)3)10-16(13)21(4)18(15)22/h5-11H,1-4H3. The van der Waals surface area contributed by atoms with Crippen molar-refractivity contribution in [3.63, 3.8) is 0 Å². The zero-order valence-corrected chi connectivity index (χ0v) is 13.3. The Labute approximate surface area is 129 Å². The van der Waals surface area contributed by atoms with Crippen LogP contribution in [0.1, 0.15) is 5.56 Å².